The lowest BCUT2D eigenvalue weighted by molar-refractivity contribution is 0.340. The summed E-state index contributed by atoms with van der Waals surface area (Å²) in [7, 11) is 0. The predicted octanol–water partition coefficient (Wildman–Crippen LogP) is 2.73. The zero-order valence-corrected chi connectivity index (χ0v) is 11.6. The number of hydrogen-bond acceptors (Lipinski definition) is 4. The fourth-order valence-corrected chi connectivity index (χ4v) is 2.38. The Labute approximate surface area is 110 Å². The summed E-state index contributed by atoms with van der Waals surface area (Å²) in [4.78, 5) is 4.46. The fourth-order valence-electron chi connectivity index (χ4n) is 2.38. The highest BCUT2D eigenvalue weighted by atomic mass is 16.5. The Morgan fingerprint density at radius 3 is 2.94 bits per heavy atom. The molecular weight excluding hydrogens is 226 g/mol. The highest BCUT2D eigenvalue weighted by molar-refractivity contribution is 4.88. The Kier molecular flexibility index (Phi) is 5.17. The molecule has 4 heteroatoms. The monoisotopic (exact) mass is 251 g/mol. The van der Waals surface area contributed by atoms with Gasteiger partial charge in [-0.2, -0.15) is 4.98 Å². The molecule has 1 atom stereocenters. The number of aryl methyl sites for hydroxylation is 2. The fraction of sp³-hybridized carbons (Fsp3) is 0.857. The molecule has 2 rings (SSSR count). The van der Waals surface area contributed by atoms with Crippen LogP contribution in [0.5, 0.6) is 0 Å². The minimum absolute atomic E-state index is 0.643. The Balaban J connectivity index is 1.72. The standard InChI is InChI=1S/C14H25N3O/c1-11(2)6-8-13-16-14(18-17-13)9-7-12-5-3-4-10-15-12/h11-12,15H,3-10H2,1-2H3. The van der Waals surface area contributed by atoms with Crippen molar-refractivity contribution in [3.8, 4) is 0 Å². The van der Waals surface area contributed by atoms with Gasteiger partial charge in [-0.15, -0.1) is 0 Å². The van der Waals surface area contributed by atoms with Gasteiger partial charge in [-0.25, -0.2) is 0 Å². The maximum absolute atomic E-state index is 5.30. The van der Waals surface area contributed by atoms with Gasteiger partial charge in [0, 0.05) is 18.9 Å². The van der Waals surface area contributed by atoms with Crippen molar-refractivity contribution in [3.05, 3.63) is 11.7 Å². The Bertz CT molecular complexity index is 343. The van der Waals surface area contributed by atoms with Crippen molar-refractivity contribution < 1.29 is 4.52 Å². The van der Waals surface area contributed by atoms with Crippen molar-refractivity contribution in [2.45, 2.75) is 64.8 Å². The van der Waals surface area contributed by atoms with Gasteiger partial charge in [-0.3, -0.25) is 0 Å². The Morgan fingerprint density at radius 2 is 2.22 bits per heavy atom. The molecule has 18 heavy (non-hydrogen) atoms. The number of nitrogens with zero attached hydrogens (tertiary/aromatic N) is 2. The van der Waals surface area contributed by atoms with Crippen molar-refractivity contribution in [2.75, 3.05) is 6.54 Å². The van der Waals surface area contributed by atoms with Crippen LogP contribution in [-0.4, -0.2) is 22.7 Å². The van der Waals surface area contributed by atoms with Gasteiger partial charge in [0.25, 0.3) is 0 Å². The van der Waals surface area contributed by atoms with E-state index < -0.39 is 0 Å². The Hall–Kier alpha value is -0.900. The molecular formula is C14H25N3O. The number of piperidine rings is 1. The van der Waals surface area contributed by atoms with Crippen LogP contribution in [0.1, 0.15) is 57.7 Å². The predicted molar refractivity (Wildman–Crippen MR) is 71.4 cm³/mol. The van der Waals surface area contributed by atoms with Crippen LogP contribution in [0.3, 0.4) is 0 Å². The molecule has 1 fully saturated rings. The lowest BCUT2D eigenvalue weighted by Gasteiger charge is -2.22. The van der Waals surface area contributed by atoms with Crippen molar-refractivity contribution in [2.24, 2.45) is 5.92 Å². The van der Waals surface area contributed by atoms with E-state index in [9.17, 15) is 0 Å². The first-order valence-electron chi connectivity index (χ1n) is 7.29. The van der Waals surface area contributed by atoms with Crippen LogP contribution in [0.4, 0.5) is 0 Å². The smallest absolute Gasteiger partial charge is 0.226 e. The third kappa shape index (κ3) is 4.41. The Morgan fingerprint density at radius 1 is 1.33 bits per heavy atom. The molecule has 1 aromatic heterocycles. The van der Waals surface area contributed by atoms with Crippen LogP contribution in [0.15, 0.2) is 4.52 Å². The zero-order valence-electron chi connectivity index (χ0n) is 11.6. The van der Waals surface area contributed by atoms with E-state index in [1.807, 2.05) is 0 Å². The molecule has 1 aliphatic rings. The molecule has 1 unspecified atom stereocenters. The summed E-state index contributed by atoms with van der Waals surface area (Å²) in [5.41, 5.74) is 0. The van der Waals surface area contributed by atoms with Crippen LogP contribution < -0.4 is 5.32 Å². The SMILES string of the molecule is CC(C)CCc1noc(CCC2CCCCN2)n1. The minimum Gasteiger partial charge on any atom is -0.339 e. The highest BCUT2D eigenvalue weighted by Crippen LogP contribution is 2.13. The summed E-state index contributed by atoms with van der Waals surface area (Å²) in [6.45, 7) is 5.60. The first-order valence-corrected chi connectivity index (χ1v) is 7.29. The molecule has 4 nitrogen and oxygen atoms in total. The second-order valence-corrected chi connectivity index (χ2v) is 5.72. The molecule has 1 saturated heterocycles. The molecule has 2 heterocycles. The van der Waals surface area contributed by atoms with Crippen LogP contribution in [-0.2, 0) is 12.8 Å². The second-order valence-electron chi connectivity index (χ2n) is 5.72. The first-order chi connectivity index (χ1) is 8.74. The van der Waals surface area contributed by atoms with Gasteiger partial charge in [0.15, 0.2) is 5.82 Å². The summed E-state index contributed by atoms with van der Waals surface area (Å²) in [6, 6.07) is 0.643. The molecule has 0 saturated carbocycles. The number of hydrogen-bond donors (Lipinski definition) is 1. The normalized spacial score (nSPS) is 20.5. The van der Waals surface area contributed by atoms with Crippen LogP contribution in [0, 0.1) is 5.92 Å². The van der Waals surface area contributed by atoms with Crippen LogP contribution >= 0.6 is 0 Å². The van der Waals surface area contributed by atoms with Gasteiger partial charge < -0.3 is 9.84 Å². The molecule has 0 bridgehead atoms. The van der Waals surface area contributed by atoms with E-state index >= 15 is 0 Å². The summed E-state index contributed by atoms with van der Waals surface area (Å²) in [5.74, 6) is 2.37. The number of aromatic nitrogens is 2. The lowest BCUT2D eigenvalue weighted by Crippen LogP contribution is -2.34. The van der Waals surface area contributed by atoms with E-state index in [1.54, 1.807) is 0 Å². The number of rotatable bonds is 6. The van der Waals surface area contributed by atoms with E-state index in [0.29, 0.717) is 12.0 Å². The third-order valence-electron chi connectivity index (χ3n) is 3.57. The average molecular weight is 251 g/mol. The summed E-state index contributed by atoms with van der Waals surface area (Å²) < 4.78 is 5.30. The molecule has 0 spiro atoms. The second kappa shape index (κ2) is 6.88. The minimum atomic E-state index is 0.643. The van der Waals surface area contributed by atoms with Crippen molar-refractivity contribution >= 4 is 0 Å². The maximum Gasteiger partial charge on any atom is 0.226 e. The van der Waals surface area contributed by atoms with Crippen molar-refractivity contribution in [3.63, 3.8) is 0 Å². The summed E-state index contributed by atoms with van der Waals surface area (Å²) in [5, 5.41) is 7.59. The largest absolute Gasteiger partial charge is 0.339 e. The van der Waals surface area contributed by atoms with Crippen molar-refractivity contribution in [1.29, 1.82) is 0 Å². The first kappa shape index (κ1) is 13.5. The molecule has 102 valence electrons. The van der Waals surface area contributed by atoms with Crippen LogP contribution in [0.25, 0.3) is 0 Å². The lowest BCUT2D eigenvalue weighted by atomic mass is 10.0. The number of nitrogens with one attached hydrogen (secondary N) is 1. The van der Waals surface area contributed by atoms with E-state index in [0.717, 1.165) is 43.9 Å². The van der Waals surface area contributed by atoms with Gasteiger partial charge in [0.05, 0.1) is 0 Å². The van der Waals surface area contributed by atoms with Gasteiger partial charge in [0.1, 0.15) is 0 Å². The van der Waals surface area contributed by atoms with Gasteiger partial charge in [-0.05, 0) is 38.1 Å². The van der Waals surface area contributed by atoms with Gasteiger partial charge in [0.2, 0.25) is 5.89 Å². The van der Waals surface area contributed by atoms with Crippen molar-refractivity contribution in [1.82, 2.24) is 15.5 Å². The topological polar surface area (TPSA) is 51.0 Å². The van der Waals surface area contributed by atoms with E-state index in [-0.39, 0.29) is 0 Å². The molecule has 0 aliphatic carbocycles. The molecule has 0 aromatic carbocycles. The van der Waals surface area contributed by atoms with Crippen LogP contribution in [0.2, 0.25) is 0 Å². The van der Waals surface area contributed by atoms with E-state index in [4.69, 9.17) is 4.52 Å². The van der Waals surface area contributed by atoms with Gasteiger partial charge in [-0.1, -0.05) is 25.4 Å². The average Bonchev–Trinajstić information content (AvgIpc) is 2.83. The zero-order chi connectivity index (χ0) is 12.8. The summed E-state index contributed by atoms with van der Waals surface area (Å²) >= 11 is 0. The van der Waals surface area contributed by atoms with Gasteiger partial charge >= 0.3 is 0 Å². The summed E-state index contributed by atoms with van der Waals surface area (Å²) in [6.07, 6.45) is 8.04. The van der Waals surface area contributed by atoms with E-state index in [1.165, 1.54) is 19.3 Å². The quantitative estimate of drug-likeness (QED) is 0.844. The maximum atomic E-state index is 5.30. The molecule has 1 N–H and O–H groups in total. The molecule has 1 aliphatic heterocycles. The molecule has 0 amide bonds. The van der Waals surface area contributed by atoms with E-state index in [2.05, 4.69) is 29.3 Å². The highest BCUT2D eigenvalue weighted by Gasteiger charge is 2.14. The molecule has 0 radical (unpaired) electrons. The molecule has 1 aromatic rings. The third-order valence-corrected chi connectivity index (χ3v) is 3.57.